The summed E-state index contributed by atoms with van der Waals surface area (Å²) in [6.45, 7) is 2.48. The second kappa shape index (κ2) is 9.16. The van der Waals surface area contributed by atoms with Gasteiger partial charge >= 0.3 is 6.03 Å². The molecule has 142 valence electrons. The van der Waals surface area contributed by atoms with E-state index in [0.717, 1.165) is 48.9 Å². The average Bonchev–Trinajstić information content (AvgIpc) is 3.20. The van der Waals surface area contributed by atoms with Crippen molar-refractivity contribution in [2.45, 2.75) is 39.0 Å². The first-order chi connectivity index (χ1) is 13.1. The quantitative estimate of drug-likeness (QED) is 0.725. The van der Waals surface area contributed by atoms with Crippen molar-refractivity contribution in [1.82, 2.24) is 10.3 Å². The Bertz CT molecular complexity index is 786. The van der Waals surface area contributed by atoms with Gasteiger partial charge in [0.05, 0.1) is 0 Å². The van der Waals surface area contributed by atoms with Crippen molar-refractivity contribution in [3.8, 4) is 0 Å². The zero-order chi connectivity index (χ0) is 19.1. The van der Waals surface area contributed by atoms with E-state index in [1.165, 1.54) is 0 Å². The largest absolute Gasteiger partial charge is 0.338 e. The summed E-state index contributed by atoms with van der Waals surface area (Å²) in [5.41, 5.74) is 3.51. The summed E-state index contributed by atoms with van der Waals surface area (Å²) in [7, 11) is 0. The fourth-order valence-corrected chi connectivity index (χ4v) is 3.30. The molecule has 3 amide bonds. The molecule has 1 aliphatic carbocycles. The van der Waals surface area contributed by atoms with Crippen molar-refractivity contribution in [1.29, 1.82) is 0 Å². The van der Waals surface area contributed by atoms with E-state index in [4.69, 9.17) is 0 Å². The van der Waals surface area contributed by atoms with Crippen LogP contribution in [0.5, 0.6) is 0 Å². The molecule has 0 saturated heterocycles. The van der Waals surface area contributed by atoms with Crippen molar-refractivity contribution in [3.05, 3.63) is 53.9 Å². The Morgan fingerprint density at radius 2 is 1.81 bits per heavy atom. The Morgan fingerprint density at radius 3 is 2.56 bits per heavy atom. The van der Waals surface area contributed by atoms with Crippen LogP contribution in [0.15, 0.2) is 42.7 Å². The number of aromatic nitrogens is 1. The monoisotopic (exact) mass is 366 g/mol. The third kappa shape index (κ3) is 5.54. The first-order valence-corrected chi connectivity index (χ1v) is 9.47. The second-order valence-electron chi connectivity index (χ2n) is 6.99. The number of nitrogens with one attached hydrogen (secondary N) is 3. The van der Waals surface area contributed by atoms with Crippen molar-refractivity contribution >= 4 is 23.3 Å². The fourth-order valence-electron chi connectivity index (χ4n) is 3.30. The highest BCUT2D eigenvalue weighted by molar-refractivity contribution is 5.95. The molecule has 0 bridgehead atoms. The van der Waals surface area contributed by atoms with E-state index in [1.54, 1.807) is 12.4 Å². The molecule has 0 radical (unpaired) electrons. The standard InChI is InChI=1S/C21H26N4O2/c1-15-6-7-18(14-19(15)25-20(26)17-4-2-3-5-17)24-21(27)23-13-10-16-8-11-22-12-9-16/h6-9,11-12,14,17H,2-5,10,13H2,1H3,(H,25,26)(H2,23,24,27). The van der Waals surface area contributed by atoms with Gasteiger partial charge in [-0.2, -0.15) is 0 Å². The highest BCUT2D eigenvalue weighted by atomic mass is 16.2. The number of benzene rings is 1. The van der Waals surface area contributed by atoms with Crippen LogP contribution in [-0.2, 0) is 11.2 Å². The predicted octanol–water partition coefficient (Wildman–Crippen LogP) is 3.88. The first-order valence-electron chi connectivity index (χ1n) is 9.47. The van der Waals surface area contributed by atoms with E-state index in [1.807, 2.05) is 37.3 Å². The maximum absolute atomic E-state index is 12.4. The van der Waals surface area contributed by atoms with Gasteiger partial charge in [0.25, 0.3) is 0 Å². The summed E-state index contributed by atoms with van der Waals surface area (Å²) >= 11 is 0. The number of carbonyl (C=O) groups excluding carboxylic acids is 2. The minimum atomic E-state index is -0.263. The van der Waals surface area contributed by atoms with Crippen LogP contribution in [0.4, 0.5) is 16.2 Å². The maximum Gasteiger partial charge on any atom is 0.319 e. The summed E-state index contributed by atoms with van der Waals surface area (Å²) in [4.78, 5) is 28.4. The van der Waals surface area contributed by atoms with Crippen LogP contribution in [0.1, 0.15) is 36.8 Å². The lowest BCUT2D eigenvalue weighted by Gasteiger charge is -2.14. The van der Waals surface area contributed by atoms with Crippen LogP contribution in [0.25, 0.3) is 0 Å². The van der Waals surface area contributed by atoms with Gasteiger partial charge in [-0.3, -0.25) is 9.78 Å². The van der Waals surface area contributed by atoms with Crippen LogP contribution in [0.2, 0.25) is 0 Å². The van der Waals surface area contributed by atoms with Gasteiger partial charge in [0, 0.05) is 36.2 Å². The van der Waals surface area contributed by atoms with Gasteiger partial charge in [0.15, 0.2) is 0 Å². The van der Waals surface area contributed by atoms with Gasteiger partial charge in [0.2, 0.25) is 5.91 Å². The topological polar surface area (TPSA) is 83.1 Å². The third-order valence-electron chi connectivity index (χ3n) is 4.93. The molecular formula is C21H26N4O2. The van der Waals surface area contributed by atoms with Crippen molar-refractivity contribution in [3.63, 3.8) is 0 Å². The maximum atomic E-state index is 12.4. The van der Waals surface area contributed by atoms with Gasteiger partial charge in [-0.1, -0.05) is 18.9 Å². The van der Waals surface area contributed by atoms with Gasteiger partial charge < -0.3 is 16.0 Å². The number of carbonyl (C=O) groups is 2. The number of hydrogen-bond acceptors (Lipinski definition) is 3. The molecule has 0 spiro atoms. The van der Waals surface area contributed by atoms with Crippen molar-refractivity contribution in [2.75, 3.05) is 17.2 Å². The van der Waals surface area contributed by atoms with E-state index in [-0.39, 0.29) is 17.9 Å². The summed E-state index contributed by atoms with van der Waals surface area (Å²) in [5.74, 6) is 0.187. The molecule has 0 atom stereocenters. The Labute approximate surface area is 159 Å². The van der Waals surface area contributed by atoms with Crippen LogP contribution in [0.3, 0.4) is 0 Å². The summed E-state index contributed by atoms with van der Waals surface area (Å²) in [6, 6.07) is 9.14. The molecule has 1 heterocycles. The smallest absolute Gasteiger partial charge is 0.319 e. The minimum Gasteiger partial charge on any atom is -0.338 e. The first kappa shape index (κ1) is 18.9. The number of pyridine rings is 1. The highest BCUT2D eigenvalue weighted by Crippen LogP contribution is 2.27. The Balaban J connectivity index is 1.52. The number of anilines is 2. The molecule has 27 heavy (non-hydrogen) atoms. The van der Waals surface area contributed by atoms with Gasteiger partial charge in [-0.15, -0.1) is 0 Å². The van der Waals surface area contributed by atoms with Crippen LogP contribution in [0, 0.1) is 12.8 Å². The Kier molecular flexibility index (Phi) is 6.41. The normalized spacial score (nSPS) is 14.0. The Morgan fingerprint density at radius 1 is 1.07 bits per heavy atom. The molecule has 0 aliphatic heterocycles. The molecule has 6 heteroatoms. The molecule has 1 aliphatic rings. The van der Waals surface area contributed by atoms with E-state index in [0.29, 0.717) is 12.2 Å². The van der Waals surface area contributed by atoms with E-state index in [9.17, 15) is 9.59 Å². The number of aryl methyl sites for hydroxylation is 1. The van der Waals surface area contributed by atoms with Gasteiger partial charge in [-0.25, -0.2) is 4.79 Å². The van der Waals surface area contributed by atoms with E-state index >= 15 is 0 Å². The van der Waals surface area contributed by atoms with E-state index in [2.05, 4.69) is 20.9 Å². The molecule has 3 N–H and O–H groups in total. The number of amides is 3. The SMILES string of the molecule is Cc1ccc(NC(=O)NCCc2ccncc2)cc1NC(=O)C1CCCC1. The van der Waals surface area contributed by atoms with Gasteiger partial charge in [-0.05, 0) is 61.6 Å². The number of urea groups is 1. The minimum absolute atomic E-state index is 0.0783. The fraction of sp³-hybridized carbons (Fsp3) is 0.381. The Hall–Kier alpha value is -2.89. The molecule has 1 saturated carbocycles. The second-order valence-corrected chi connectivity index (χ2v) is 6.99. The summed E-state index contributed by atoms with van der Waals surface area (Å²) in [5, 5.41) is 8.68. The molecule has 2 aromatic rings. The van der Waals surface area contributed by atoms with Crippen molar-refractivity contribution < 1.29 is 9.59 Å². The molecule has 6 nitrogen and oxygen atoms in total. The third-order valence-corrected chi connectivity index (χ3v) is 4.93. The molecule has 1 fully saturated rings. The molecule has 1 aromatic carbocycles. The predicted molar refractivity (Wildman–Crippen MR) is 107 cm³/mol. The molecular weight excluding hydrogens is 340 g/mol. The zero-order valence-corrected chi connectivity index (χ0v) is 15.6. The van der Waals surface area contributed by atoms with E-state index < -0.39 is 0 Å². The van der Waals surface area contributed by atoms with Crippen molar-refractivity contribution in [2.24, 2.45) is 5.92 Å². The number of hydrogen-bond donors (Lipinski definition) is 3. The summed E-state index contributed by atoms with van der Waals surface area (Å²) in [6.07, 6.45) is 8.39. The molecule has 1 aromatic heterocycles. The van der Waals surface area contributed by atoms with Crippen LogP contribution < -0.4 is 16.0 Å². The number of nitrogens with zero attached hydrogens (tertiary/aromatic N) is 1. The zero-order valence-electron chi connectivity index (χ0n) is 15.6. The highest BCUT2D eigenvalue weighted by Gasteiger charge is 2.23. The van der Waals surface area contributed by atoms with Crippen LogP contribution in [-0.4, -0.2) is 23.5 Å². The lowest BCUT2D eigenvalue weighted by molar-refractivity contribution is -0.119. The molecule has 0 unspecified atom stereocenters. The van der Waals surface area contributed by atoms with Gasteiger partial charge in [0.1, 0.15) is 0 Å². The lowest BCUT2D eigenvalue weighted by atomic mass is 10.1. The van der Waals surface area contributed by atoms with Crippen LogP contribution >= 0.6 is 0 Å². The molecule has 3 rings (SSSR count). The number of rotatable bonds is 6. The lowest BCUT2D eigenvalue weighted by Crippen LogP contribution is -2.30. The average molecular weight is 366 g/mol. The summed E-state index contributed by atoms with van der Waals surface area (Å²) < 4.78 is 0.